The maximum Gasteiger partial charge on any atom is 0.271 e. The van der Waals surface area contributed by atoms with Crippen LogP contribution in [0, 0.1) is 47.3 Å². The summed E-state index contributed by atoms with van der Waals surface area (Å²) in [7, 11) is -16.5. The predicted octanol–water partition coefficient (Wildman–Crippen LogP) is -1.82. The van der Waals surface area contributed by atoms with E-state index in [2.05, 4.69) is 42.5 Å². The first-order chi connectivity index (χ1) is 25.1. The Morgan fingerprint density at radius 1 is 0.340 bits per heavy atom. The second kappa shape index (κ2) is 13.7. The lowest BCUT2D eigenvalue weighted by atomic mass is 9.75. The number of nitrogens with one attached hydrogen (secondary N) is 8. The van der Waals surface area contributed by atoms with Crippen LogP contribution in [0.25, 0.3) is 0 Å². The molecule has 5 saturated heterocycles. The molecule has 0 spiro atoms. The van der Waals surface area contributed by atoms with Crippen molar-refractivity contribution in [3.8, 4) is 0 Å². The number of aliphatic hydroxyl groups is 1. The first-order valence-corrected chi connectivity index (χ1v) is 24.3. The van der Waals surface area contributed by atoms with Crippen molar-refractivity contribution in [1.82, 2.24) is 42.5 Å². The van der Waals surface area contributed by atoms with Gasteiger partial charge in [0.05, 0.1) is 55.4 Å². The first kappa shape index (κ1) is 37.9. The van der Waals surface area contributed by atoms with Crippen molar-refractivity contribution < 1.29 is 44.0 Å². The van der Waals surface area contributed by atoms with Crippen LogP contribution in [0.4, 0.5) is 0 Å². The second-order valence-electron chi connectivity index (χ2n) is 17.6. The summed E-state index contributed by atoms with van der Waals surface area (Å²) in [6.45, 7) is 0. The highest BCUT2D eigenvalue weighted by molar-refractivity contribution is 7.92. The van der Waals surface area contributed by atoms with Crippen LogP contribution in [0.1, 0.15) is 77.0 Å². The van der Waals surface area contributed by atoms with Crippen molar-refractivity contribution >= 4 is 30.4 Å². The third kappa shape index (κ3) is 6.54. The monoisotopic (exact) mass is 808 g/mol. The van der Waals surface area contributed by atoms with Crippen LogP contribution in [0.5, 0.6) is 0 Å². The molecule has 302 valence electrons. The number of hydrogen-bond acceptors (Lipinski definition) is 15. The van der Waals surface area contributed by atoms with Crippen LogP contribution in [-0.2, 0) is 30.4 Å². The molecule has 9 rings (SSSR count). The summed E-state index contributed by atoms with van der Waals surface area (Å²) < 4.78 is 110. The van der Waals surface area contributed by atoms with Crippen molar-refractivity contribution in [3.63, 3.8) is 0 Å². The average Bonchev–Trinajstić information content (AvgIpc) is 3.82. The van der Waals surface area contributed by atoms with Gasteiger partial charge in [-0.3, -0.25) is 56.2 Å². The minimum absolute atomic E-state index is 0.0608. The lowest BCUT2D eigenvalue weighted by Crippen LogP contribution is -2.68. The summed E-state index contributed by atoms with van der Waals surface area (Å²) in [4.78, 5) is 0. The Morgan fingerprint density at radius 3 is 0.868 bits per heavy atom. The minimum Gasteiger partial charge on any atom is -0.391 e. The standard InChI is InChI=1S/C32H56N8O10S3/c41-21-19-20(22(51(42,43)44)24(53(48,49)50)23(21)52(45,46)47)32-39-30-18-12-6-4-10-16(18)28(37-30)35-26-14-8-2-1-7-13(14)25(33-26)34-27-15-9-3-5-11-17(15)29(36-27)38-31(19)40-32/h13-41H,1-12H2,(H,42,43,44)(H,45,46,47)(H,48,49,50). The fourth-order valence-electron chi connectivity index (χ4n) is 13.1. The minimum atomic E-state index is -5.59. The summed E-state index contributed by atoms with van der Waals surface area (Å²) in [5.74, 6) is -1.20. The molecule has 12 N–H and O–H groups in total. The van der Waals surface area contributed by atoms with Crippen molar-refractivity contribution in [1.29, 1.82) is 0 Å². The lowest BCUT2D eigenvalue weighted by Gasteiger charge is -2.46. The maximum absolute atomic E-state index is 13.3. The molecule has 21 heteroatoms. The highest BCUT2D eigenvalue weighted by Gasteiger charge is 2.68. The van der Waals surface area contributed by atoms with E-state index in [-0.39, 0.29) is 54.5 Å². The largest absolute Gasteiger partial charge is 0.391 e. The molecule has 20 unspecified atom stereocenters. The third-order valence-corrected chi connectivity index (χ3v) is 19.2. The van der Waals surface area contributed by atoms with Crippen LogP contribution >= 0.6 is 0 Å². The Labute approximate surface area is 311 Å². The van der Waals surface area contributed by atoms with Gasteiger partial charge in [-0.25, -0.2) is 0 Å². The molecular weight excluding hydrogens is 753 g/mol. The summed E-state index contributed by atoms with van der Waals surface area (Å²) in [6, 6.07) is 0. The van der Waals surface area contributed by atoms with E-state index in [0.29, 0.717) is 11.8 Å². The van der Waals surface area contributed by atoms with Crippen molar-refractivity contribution in [2.45, 2.75) is 148 Å². The lowest BCUT2D eigenvalue weighted by molar-refractivity contribution is 0.0269. The number of hydrogen-bond donors (Lipinski definition) is 12. The Kier molecular flexibility index (Phi) is 9.84. The van der Waals surface area contributed by atoms with Gasteiger partial charge in [0.1, 0.15) is 15.7 Å². The Balaban J connectivity index is 1.15. The topological polar surface area (TPSA) is 280 Å². The summed E-state index contributed by atoms with van der Waals surface area (Å²) >= 11 is 0. The van der Waals surface area contributed by atoms with Gasteiger partial charge in [-0.1, -0.05) is 38.5 Å². The predicted molar refractivity (Wildman–Crippen MR) is 191 cm³/mol. The fourth-order valence-corrected chi connectivity index (χ4v) is 18.1. The van der Waals surface area contributed by atoms with Crippen LogP contribution in [0.2, 0.25) is 0 Å². The second-order valence-corrected chi connectivity index (χ2v) is 22.3. The normalized spacial score (nSPS) is 53.0. The van der Waals surface area contributed by atoms with Gasteiger partial charge < -0.3 is 5.11 Å². The number of rotatable bonds is 3. The number of fused-ring (bicyclic) bond motifs is 20. The number of aliphatic hydroxyl groups excluding tert-OH is 1. The van der Waals surface area contributed by atoms with E-state index >= 15 is 0 Å². The van der Waals surface area contributed by atoms with E-state index in [9.17, 15) is 44.0 Å². The zero-order valence-corrected chi connectivity index (χ0v) is 31.9. The zero-order valence-electron chi connectivity index (χ0n) is 29.5. The summed E-state index contributed by atoms with van der Waals surface area (Å²) in [5, 5.41) is 33.9. The van der Waals surface area contributed by atoms with Gasteiger partial charge in [0.2, 0.25) is 0 Å². The van der Waals surface area contributed by atoms with E-state index in [1.165, 1.54) is 12.8 Å². The average molecular weight is 809 g/mol. The smallest absolute Gasteiger partial charge is 0.271 e. The first-order valence-electron chi connectivity index (χ1n) is 19.7. The molecule has 18 nitrogen and oxygen atoms in total. The van der Waals surface area contributed by atoms with Gasteiger partial charge in [0, 0.05) is 11.8 Å². The van der Waals surface area contributed by atoms with E-state index in [1.54, 1.807) is 0 Å². The highest BCUT2D eigenvalue weighted by atomic mass is 32.2. The third-order valence-electron chi connectivity index (χ3n) is 15.1. The molecule has 0 aromatic rings. The van der Waals surface area contributed by atoms with Crippen molar-refractivity contribution in [3.05, 3.63) is 0 Å². The highest BCUT2D eigenvalue weighted by Crippen LogP contribution is 2.48. The molecule has 0 radical (unpaired) electrons. The molecule has 0 amide bonds. The summed E-state index contributed by atoms with van der Waals surface area (Å²) in [6.07, 6.45) is 7.44. The van der Waals surface area contributed by atoms with E-state index in [4.69, 9.17) is 0 Å². The Morgan fingerprint density at radius 2 is 0.585 bits per heavy atom. The van der Waals surface area contributed by atoms with Gasteiger partial charge in [-0.05, 0) is 74.0 Å². The molecule has 0 aromatic heterocycles. The molecule has 53 heavy (non-hydrogen) atoms. The Bertz CT molecular complexity index is 1750. The van der Waals surface area contributed by atoms with Crippen LogP contribution in [0.15, 0.2) is 0 Å². The molecular formula is C32H56N8O10S3. The van der Waals surface area contributed by atoms with E-state index in [0.717, 1.165) is 64.2 Å². The molecule has 20 atom stereocenters. The van der Waals surface area contributed by atoms with Crippen molar-refractivity contribution in [2.24, 2.45) is 47.3 Å². The molecule has 5 aliphatic heterocycles. The summed E-state index contributed by atoms with van der Waals surface area (Å²) in [5.41, 5.74) is 0. The van der Waals surface area contributed by atoms with Crippen molar-refractivity contribution in [2.75, 3.05) is 0 Å². The van der Waals surface area contributed by atoms with Gasteiger partial charge in [-0.15, -0.1) is 0 Å². The van der Waals surface area contributed by atoms with Gasteiger partial charge in [-0.2, -0.15) is 25.3 Å². The zero-order chi connectivity index (χ0) is 37.2. The van der Waals surface area contributed by atoms with Crippen LogP contribution in [-0.4, -0.2) is 115 Å². The molecule has 0 aromatic carbocycles. The Hall–Kier alpha value is -0.630. The van der Waals surface area contributed by atoms with Crippen LogP contribution in [0.3, 0.4) is 0 Å². The molecule has 4 aliphatic carbocycles. The SMILES string of the molecule is O=S(=O)(O)C1C(O)C2C3NC4NC(NC5NC(NC6NC(NC(N3)C2C(S(=O)(=O)O)C1S(=O)(=O)O)C1CCCCC61)C1CCCCC51)C1CCCCC41. The molecule has 8 bridgehead atoms. The van der Waals surface area contributed by atoms with Crippen LogP contribution < -0.4 is 42.5 Å². The van der Waals surface area contributed by atoms with E-state index in [1.807, 2.05) is 0 Å². The van der Waals surface area contributed by atoms with Gasteiger partial charge >= 0.3 is 0 Å². The van der Waals surface area contributed by atoms with E-state index < -0.39 is 82.5 Å². The van der Waals surface area contributed by atoms with Gasteiger partial charge in [0.25, 0.3) is 30.4 Å². The molecule has 9 aliphatic rings. The molecule has 5 heterocycles. The van der Waals surface area contributed by atoms with Gasteiger partial charge in [0.15, 0.2) is 0 Å². The maximum atomic E-state index is 13.3. The molecule has 9 fully saturated rings. The molecule has 4 saturated carbocycles. The quantitative estimate of drug-likeness (QED) is 0.140. The fraction of sp³-hybridized carbons (Fsp3) is 1.00.